The Balaban J connectivity index is 1.29. The predicted molar refractivity (Wildman–Crippen MR) is 157 cm³/mol. The second-order valence-electron chi connectivity index (χ2n) is 10.9. The molecule has 0 radical (unpaired) electrons. The van der Waals surface area contributed by atoms with E-state index in [-0.39, 0.29) is 5.41 Å². The van der Waals surface area contributed by atoms with Crippen LogP contribution in [0.2, 0.25) is 0 Å². The molecule has 0 heterocycles. The third-order valence-electron chi connectivity index (χ3n) is 8.64. The van der Waals surface area contributed by atoms with E-state index < -0.39 is 0 Å². The summed E-state index contributed by atoms with van der Waals surface area (Å²) in [6, 6.07) is 45.0. The summed E-state index contributed by atoms with van der Waals surface area (Å²) < 4.78 is 0. The standard InChI is InChI=1S/C37H26/c1-37(2)34-21-24(23-9-4-3-5-10-23)15-17-29(34)30-18-16-25(22-35(30)37)26-19-20-33-28-12-7-6-11-27(28)32-14-8-13-31(26)36(32)33/h3-22H,1-2H3. The molecule has 0 saturated heterocycles. The highest BCUT2D eigenvalue weighted by Crippen LogP contribution is 2.52. The fraction of sp³-hybridized carbons (Fsp3) is 0.0811. The fourth-order valence-electron chi connectivity index (χ4n) is 6.78. The lowest BCUT2D eigenvalue weighted by Crippen LogP contribution is -2.15. The van der Waals surface area contributed by atoms with Crippen molar-refractivity contribution in [3.05, 3.63) is 132 Å². The van der Waals surface area contributed by atoms with Gasteiger partial charge in [-0.05, 0) is 89.7 Å². The molecule has 37 heavy (non-hydrogen) atoms. The number of hydrogen-bond acceptors (Lipinski definition) is 0. The highest BCUT2D eigenvalue weighted by Gasteiger charge is 2.36. The van der Waals surface area contributed by atoms with Gasteiger partial charge in [0.25, 0.3) is 0 Å². The second-order valence-corrected chi connectivity index (χ2v) is 10.9. The van der Waals surface area contributed by atoms with Crippen LogP contribution in [0.1, 0.15) is 25.0 Å². The van der Waals surface area contributed by atoms with Gasteiger partial charge in [0.05, 0.1) is 0 Å². The zero-order valence-electron chi connectivity index (χ0n) is 21.0. The third kappa shape index (κ3) is 2.79. The summed E-state index contributed by atoms with van der Waals surface area (Å²) in [4.78, 5) is 0. The van der Waals surface area contributed by atoms with E-state index >= 15 is 0 Å². The summed E-state index contributed by atoms with van der Waals surface area (Å²) >= 11 is 0. The van der Waals surface area contributed by atoms with Crippen LogP contribution in [0, 0.1) is 0 Å². The molecule has 0 aromatic heterocycles. The lowest BCUT2D eigenvalue weighted by atomic mass is 9.80. The Morgan fingerprint density at radius 3 is 1.65 bits per heavy atom. The van der Waals surface area contributed by atoms with Crippen LogP contribution in [0.25, 0.3) is 66.4 Å². The maximum absolute atomic E-state index is 2.45. The Kier molecular flexibility index (Phi) is 4.10. The number of rotatable bonds is 2. The van der Waals surface area contributed by atoms with E-state index in [0.717, 1.165) is 0 Å². The molecule has 0 N–H and O–H groups in total. The first-order valence-corrected chi connectivity index (χ1v) is 13.1. The van der Waals surface area contributed by atoms with Crippen molar-refractivity contribution in [2.75, 3.05) is 0 Å². The molecule has 2 aliphatic rings. The van der Waals surface area contributed by atoms with Crippen LogP contribution in [0.4, 0.5) is 0 Å². The van der Waals surface area contributed by atoms with Crippen LogP contribution in [-0.2, 0) is 5.41 Å². The van der Waals surface area contributed by atoms with Gasteiger partial charge in [-0.25, -0.2) is 0 Å². The molecule has 0 fully saturated rings. The molecule has 0 bridgehead atoms. The fourth-order valence-corrected chi connectivity index (χ4v) is 6.78. The quantitative estimate of drug-likeness (QED) is 0.236. The lowest BCUT2D eigenvalue weighted by molar-refractivity contribution is 0.661. The van der Waals surface area contributed by atoms with Crippen LogP contribution in [0.15, 0.2) is 121 Å². The molecule has 0 amide bonds. The van der Waals surface area contributed by atoms with Gasteiger partial charge in [0.2, 0.25) is 0 Å². The van der Waals surface area contributed by atoms with Crippen molar-refractivity contribution in [2.45, 2.75) is 19.3 Å². The Morgan fingerprint density at radius 2 is 0.919 bits per heavy atom. The summed E-state index contributed by atoms with van der Waals surface area (Å²) in [5.74, 6) is 0. The van der Waals surface area contributed by atoms with Gasteiger partial charge in [-0.2, -0.15) is 0 Å². The van der Waals surface area contributed by atoms with Gasteiger partial charge in [0, 0.05) is 5.41 Å². The van der Waals surface area contributed by atoms with Gasteiger partial charge in [0.1, 0.15) is 0 Å². The van der Waals surface area contributed by atoms with E-state index in [4.69, 9.17) is 0 Å². The second kappa shape index (κ2) is 7.31. The van der Waals surface area contributed by atoms with E-state index in [1.54, 1.807) is 0 Å². The van der Waals surface area contributed by atoms with Gasteiger partial charge in [-0.15, -0.1) is 0 Å². The summed E-state index contributed by atoms with van der Waals surface area (Å²) in [6.45, 7) is 4.75. The third-order valence-corrected chi connectivity index (χ3v) is 8.64. The van der Waals surface area contributed by atoms with E-state index in [2.05, 4.69) is 135 Å². The minimum atomic E-state index is -0.0590. The molecule has 0 unspecified atom stereocenters. The molecule has 8 rings (SSSR count). The molecule has 174 valence electrons. The number of hydrogen-bond donors (Lipinski definition) is 0. The highest BCUT2D eigenvalue weighted by atomic mass is 14.4. The molecular formula is C37H26. The molecule has 2 aliphatic carbocycles. The SMILES string of the molecule is CC1(C)c2cc(-c3ccccc3)ccc2-c2ccc(-c3ccc4c5c(cccc35)-c3ccccc3-4)cc21. The Labute approximate surface area is 217 Å². The maximum atomic E-state index is 2.45. The van der Waals surface area contributed by atoms with Crippen LogP contribution in [-0.4, -0.2) is 0 Å². The van der Waals surface area contributed by atoms with Crippen molar-refractivity contribution >= 4 is 10.8 Å². The van der Waals surface area contributed by atoms with Crippen molar-refractivity contribution in [2.24, 2.45) is 0 Å². The zero-order valence-corrected chi connectivity index (χ0v) is 21.0. The van der Waals surface area contributed by atoms with E-state index in [1.807, 2.05) is 0 Å². The van der Waals surface area contributed by atoms with Crippen molar-refractivity contribution in [3.8, 4) is 55.6 Å². The average molecular weight is 471 g/mol. The summed E-state index contributed by atoms with van der Waals surface area (Å²) in [5.41, 5.74) is 16.1. The van der Waals surface area contributed by atoms with Crippen molar-refractivity contribution < 1.29 is 0 Å². The molecule has 0 heteroatoms. The lowest BCUT2D eigenvalue weighted by Gasteiger charge is -2.23. The molecular weight excluding hydrogens is 444 g/mol. The van der Waals surface area contributed by atoms with Gasteiger partial charge in [-0.1, -0.05) is 123 Å². The number of fused-ring (bicyclic) bond motifs is 6. The monoisotopic (exact) mass is 470 g/mol. The highest BCUT2D eigenvalue weighted by molar-refractivity contribution is 6.18. The van der Waals surface area contributed by atoms with Crippen molar-refractivity contribution in [3.63, 3.8) is 0 Å². The topological polar surface area (TPSA) is 0 Å². The summed E-state index contributed by atoms with van der Waals surface area (Å²) in [5, 5.41) is 2.72. The smallest absolute Gasteiger partial charge is 0.0159 e. The van der Waals surface area contributed by atoms with Gasteiger partial charge < -0.3 is 0 Å². The Bertz CT molecular complexity index is 1860. The maximum Gasteiger partial charge on any atom is 0.0159 e. The first-order chi connectivity index (χ1) is 18.1. The largest absolute Gasteiger partial charge is 0.0622 e. The van der Waals surface area contributed by atoms with E-state index in [1.165, 1.54) is 77.5 Å². The minimum Gasteiger partial charge on any atom is -0.0622 e. The van der Waals surface area contributed by atoms with Gasteiger partial charge >= 0.3 is 0 Å². The van der Waals surface area contributed by atoms with Crippen LogP contribution in [0.5, 0.6) is 0 Å². The van der Waals surface area contributed by atoms with Crippen molar-refractivity contribution in [1.29, 1.82) is 0 Å². The first-order valence-electron chi connectivity index (χ1n) is 13.1. The molecule has 6 aromatic carbocycles. The molecule has 0 spiro atoms. The zero-order chi connectivity index (χ0) is 24.7. The summed E-state index contributed by atoms with van der Waals surface area (Å²) in [7, 11) is 0. The van der Waals surface area contributed by atoms with Crippen LogP contribution >= 0.6 is 0 Å². The van der Waals surface area contributed by atoms with Crippen LogP contribution < -0.4 is 0 Å². The normalized spacial score (nSPS) is 13.9. The van der Waals surface area contributed by atoms with Gasteiger partial charge in [-0.3, -0.25) is 0 Å². The molecule has 0 nitrogen and oxygen atoms in total. The Morgan fingerprint density at radius 1 is 0.378 bits per heavy atom. The number of benzene rings is 6. The molecule has 0 aliphatic heterocycles. The Hall–Kier alpha value is -4.42. The summed E-state index contributed by atoms with van der Waals surface area (Å²) in [6.07, 6.45) is 0. The first kappa shape index (κ1) is 20.7. The van der Waals surface area contributed by atoms with Crippen molar-refractivity contribution in [1.82, 2.24) is 0 Å². The molecule has 0 saturated carbocycles. The minimum absolute atomic E-state index is 0.0590. The van der Waals surface area contributed by atoms with E-state index in [0.29, 0.717) is 0 Å². The predicted octanol–water partition coefficient (Wildman–Crippen LogP) is 10.1. The average Bonchev–Trinajstić information content (AvgIpc) is 3.39. The van der Waals surface area contributed by atoms with E-state index in [9.17, 15) is 0 Å². The van der Waals surface area contributed by atoms with Crippen LogP contribution in [0.3, 0.4) is 0 Å². The molecule has 0 atom stereocenters. The van der Waals surface area contributed by atoms with Gasteiger partial charge in [0.15, 0.2) is 0 Å². The molecule has 6 aromatic rings.